The number of rotatable bonds is 2. The zero-order valence-electron chi connectivity index (χ0n) is 7.91. The van der Waals surface area contributed by atoms with Gasteiger partial charge in [0.15, 0.2) is 0 Å². The van der Waals surface area contributed by atoms with Crippen LogP contribution in [-0.2, 0) is 17.5 Å². The Morgan fingerprint density at radius 3 is 2.62 bits per heavy atom. The number of halogens is 3. The fraction of sp³-hybridized carbons (Fsp3) is 0.250. The SMILES string of the molecule is NC(=O)OCc1cc(C(F)(F)F)cnc1N. The molecule has 88 valence electrons. The van der Waals surface area contributed by atoms with Gasteiger partial charge in [0.1, 0.15) is 12.4 Å². The van der Waals surface area contributed by atoms with Gasteiger partial charge in [0.25, 0.3) is 0 Å². The molecule has 0 saturated carbocycles. The van der Waals surface area contributed by atoms with Gasteiger partial charge in [-0.25, -0.2) is 9.78 Å². The van der Waals surface area contributed by atoms with Crippen molar-refractivity contribution in [1.82, 2.24) is 4.98 Å². The molecule has 1 rings (SSSR count). The first-order valence-electron chi connectivity index (χ1n) is 4.04. The number of anilines is 1. The third-order valence-corrected chi connectivity index (χ3v) is 1.70. The third kappa shape index (κ3) is 3.01. The number of nitrogen functional groups attached to an aromatic ring is 1. The zero-order chi connectivity index (χ0) is 12.3. The van der Waals surface area contributed by atoms with Gasteiger partial charge in [0.05, 0.1) is 5.56 Å². The molecule has 0 atom stereocenters. The number of pyridine rings is 1. The highest BCUT2D eigenvalue weighted by Gasteiger charge is 2.31. The quantitative estimate of drug-likeness (QED) is 0.807. The molecule has 4 N–H and O–H groups in total. The Morgan fingerprint density at radius 2 is 2.12 bits per heavy atom. The van der Waals surface area contributed by atoms with Crippen molar-refractivity contribution in [1.29, 1.82) is 0 Å². The number of hydrogen-bond acceptors (Lipinski definition) is 4. The van der Waals surface area contributed by atoms with Gasteiger partial charge in [0.2, 0.25) is 0 Å². The number of nitrogens with two attached hydrogens (primary N) is 2. The molecule has 0 unspecified atom stereocenters. The molecule has 0 fully saturated rings. The minimum Gasteiger partial charge on any atom is -0.445 e. The van der Waals surface area contributed by atoms with Gasteiger partial charge in [-0.2, -0.15) is 13.2 Å². The van der Waals surface area contributed by atoms with Crippen molar-refractivity contribution in [2.45, 2.75) is 12.8 Å². The van der Waals surface area contributed by atoms with Gasteiger partial charge in [-0.1, -0.05) is 0 Å². The molecule has 1 heterocycles. The van der Waals surface area contributed by atoms with Crippen molar-refractivity contribution < 1.29 is 22.7 Å². The summed E-state index contributed by atoms with van der Waals surface area (Å²) in [7, 11) is 0. The van der Waals surface area contributed by atoms with Gasteiger partial charge in [0, 0.05) is 11.8 Å². The Balaban J connectivity index is 2.95. The first kappa shape index (κ1) is 12.1. The second-order valence-electron chi connectivity index (χ2n) is 2.87. The van der Waals surface area contributed by atoms with Crippen LogP contribution in [0, 0.1) is 0 Å². The molecule has 0 saturated heterocycles. The zero-order valence-corrected chi connectivity index (χ0v) is 7.91. The molecular weight excluding hydrogens is 227 g/mol. The Bertz CT molecular complexity index is 406. The van der Waals surface area contributed by atoms with Gasteiger partial charge >= 0.3 is 12.3 Å². The maximum absolute atomic E-state index is 12.3. The minimum atomic E-state index is -4.53. The summed E-state index contributed by atoms with van der Waals surface area (Å²) in [5.74, 6) is -0.144. The van der Waals surface area contributed by atoms with Crippen LogP contribution in [0.25, 0.3) is 0 Å². The monoisotopic (exact) mass is 235 g/mol. The average Bonchev–Trinajstić information content (AvgIpc) is 2.14. The summed E-state index contributed by atoms with van der Waals surface area (Å²) in [6.07, 6.45) is -5.03. The molecule has 0 aliphatic carbocycles. The van der Waals surface area contributed by atoms with E-state index in [1.165, 1.54) is 0 Å². The molecule has 8 heteroatoms. The maximum Gasteiger partial charge on any atom is 0.417 e. The Morgan fingerprint density at radius 1 is 1.50 bits per heavy atom. The molecule has 1 aromatic heterocycles. The Labute approximate surface area is 88.2 Å². The summed E-state index contributed by atoms with van der Waals surface area (Å²) in [6.45, 7) is -0.446. The molecule has 0 aromatic carbocycles. The van der Waals surface area contributed by atoms with Crippen LogP contribution in [0.4, 0.5) is 23.8 Å². The summed E-state index contributed by atoms with van der Waals surface area (Å²) in [4.78, 5) is 13.6. The van der Waals surface area contributed by atoms with Crippen LogP contribution in [0.5, 0.6) is 0 Å². The fourth-order valence-electron chi connectivity index (χ4n) is 0.940. The predicted molar refractivity (Wildman–Crippen MR) is 48.0 cm³/mol. The second kappa shape index (κ2) is 4.25. The van der Waals surface area contributed by atoms with E-state index >= 15 is 0 Å². The molecular formula is C8H8F3N3O2. The minimum absolute atomic E-state index is 0.0476. The van der Waals surface area contributed by atoms with Crippen LogP contribution in [0.1, 0.15) is 11.1 Å². The highest BCUT2D eigenvalue weighted by atomic mass is 19.4. The topological polar surface area (TPSA) is 91.2 Å². The van der Waals surface area contributed by atoms with Crippen LogP contribution in [0.2, 0.25) is 0 Å². The van der Waals surface area contributed by atoms with Crippen molar-refractivity contribution in [3.63, 3.8) is 0 Å². The van der Waals surface area contributed by atoms with E-state index in [1.54, 1.807) is 0 Å². The number of alkyl halides is 3. The number of nitrogens with zero attached hydrogens (tertiary/aromatic N) is 1. The van der Waals surface area contributed by atoms with Crippen molar-refractivity contribution >= 4 is 11.9 Å². The highest BCUT2D eigenvalue weighted by molar-refractivity contribution is 5.64. The van der Waals surface area contributed by atoms with E-state index in [4.69, 9.17) is 5.73 Å². The van der Waals surface area contributed by atoms with E-state index in [2.05, 4.69) is 15.5 Å². The Hall–Kier alpha value is -1.99. The largest absolute Gasteiger partial charge is 0.445 e. The third-order valence-electron chi connectivity index (χ3n) is 1.70. The first-order valence-corrected chi connectivity index (χ1v) is 4.04. The van der Waals surface area contributed by atoms with Crippen LogP contribution >= 0.6 is 0 Å². The van der Waals surface area contributed by atoms with E-state index in [-0.39, 0.29) is 11.4 Å². The molecule has 0 aliphatic rings. The molecule has 16 heavy (non-hydrogen) atoms. The maximum atomic E-state index is 12.3. The van der Waals surface area contributed by atoms with Gasteiger partial charge in [-0.05, 0) is 6.07 Å². The summed E-state index contributed by atoms with van der Waals surface area (Å²) in [5, 5.41) is 0. The molecule has 0 radical (unpaired) electrons. The van der Waals surface area contributed by atoms with Gasteiger partial charge < -0.3 is 16.2 Å². The molecule has 5 nitrogen and oxygen atoms in total. The summed E-state index contributed by atoms with van der Waals surface area (Å²) in [6, 6.07) is 0.755. The van der Waals surface area contributed by atoms with Crippen molar-refractivity contribution in [3.05, 3.63) is 23.4 Å². The van der Waals surface area contributed by atoms with Crippen molar-refractivity contribution in [2.24, 2.45) is 5.73 Å². The molecule has 0 bridgehead atoms. The number of carbonyl (C=O) groups is 1. The number of amides is 1. The standard InChI is InChI=1S/C8H8F3N3O2/c9-8(10,11)5-1-4(3-16-7(13)15)6(12)14-2-5/h1-2H,3H2,(H2,12,14)(H2,13,15). The lowest BCUT2D eigenvalue weighted by Crippen LogP contribution is -2.14. The summed E-state index contributed by atoms with van der Waals surface area (Å²) in [5.41, 5.74) is 8.96. The van der Waals surface area contributed by atoms with Crippen LogP contribution < -0.4 is 11.5 Å². The molecule has 1 amide bonds. The predicted octanol–water partition coefficient (Wildman–Crippen LogP) is 1.28. The van der Waals surface area contributed by atoms with Gasteiger partial charge in [-0.3, -0.25) is 0 Å². The number of aromatic nitrogens is 1. The average molecular weight is 235 g/mol. The smallest absolute Gasteiger partial charge is 0.417 e. The van der Waals surface area contributed by atoms with Crippen LogP contribution in [-0.4, -0.2) is 11.1 Å². The van der Waals surface area contributed by atoms with Gasteiger partial charge in [-0.15, -0.1) is 0 Å². The number of ether oxygens (including phenoxy) is 1. The number of hydrogen-bond donors (Lipinski definition) is 2. The normalized spacial score (nSPS) is 11.2. The van der Waals surface area contributed by atoms with Crippen molar-refractivity contribution in [2.75, 3.05) is 5.73 Å². The van der Waals surface area contributed by atoms with E-state index in [0.717, 1.165) is 6.07 Å². The fourth-order valence-corrected chi connectivity index (χ4v) is 0.940. The number of carbonyl (C=O) groups excluding carboxylic acids is 1. The lowest BCUT2D eigenvalue weighted by atomic mass is 10.2. The number of primary amides is 1. The summed E-state index contributed by atoms with van der Waals surface area (Å²) < 4.78 is 41.2. The van der Waals surface area contributed by atoms with E-state index in [0.29, 0.717) is 6.20 Å². The lowest BCUT2D eigenvalue weighted by Gasteiger charge is -2.09. The lowest BCUT2D eigenvalue weighted by molar-refractivity contribution is -0.137. The summed E-state index contributed by atoms with van der Waals surface area (Å²) >= 11 is 0. The molecule has 0 spiro atoms. The first-order chi connectivity index (χ1) is 7.30. The van der Waals surface area contributed by atoms with Crippen molar-refractivity contribution in [3.8, 4) is 0 Å². The second-order valence-corrected chi connectivity index (χ2v) is 2.87. The van der Waals surface area contributed by atoms with E-state index in [1.807, 2.05) is 0 Å². The van der Waals surface area contributed by atoms with Crippen LogP contribution in [0.15, 0.2) is 12.3 Å². The van der Waals surface area contributed by atoms with E-state index < -0.39 is 24.4 Å². The highest BCUT2D eigenvalue weighted by Crippen LogP contribution is 2.30. The molecule has 1 aromatic rings. The van der Waals surface area contributed by atoms with Crippen LogP contribution in [0.3, 0.4) is 0 Å². The van der Waals surface area contributed by atoms with E-state index in [9.17, 15) is 18.0 Å². The molecule has 0 aliphatic heterocycles. The Kier molecular flexibility index (Phi) is 3.21.